The summed E-state index contributed by atoms with van der Waals surface area (Å²) in [6, 6.07) is 41.0. The molecule has 0 spiro atoms. The van der Waals surface area contributed by atoms with Crippen LogP contribution in [-0.2, 0) is 26.3 Å². The minimum atomic E-state index is 0.194. The molecule has 0 unspecified atom stereocenters. The molecule has 58 heavy (non-hydrogen) atoms. The number of pyridine rings is 2. The number of halogens is 4. The maximum absolute atomic E-state index is 4.98. The van der Waals surface area contributed by atoms with Crippen LogP contribution in [0.25, 0.3) is 11.1 Å². The molecule has 2 aromatic heterocycles. The van der Waals surface area contributed by atoms with E-state index in [1.807, 2.05) is 100 Å². The summed E-state index contributed by atoms with van der Waals surface area (Å²) in [5.41, 5.74) is 17.2. The third-order valence-electron chi connectivity index (χ3n) is 9.09. The summed E-state index contributed by atoms with van der Waals surface area (Å²) in [5, 5.41) is 0. The van der Waals surface area contributed by atoms with E-state index in [0.29, 0.717) is 0 Å². The Labute approximate surface area is 372 Å². The van der Waals surface area contributed by atoms with Gasteiger partial charge in [-0.1, -0.05) is 60.7 Å². The Bertz CT molecular complexity index is 2290. The Morgan fingerprint density at radius 1 is 0.379 bits per heavy atom. The van der Waals surface area contributed by atoms with E-state index in [-0.39, 0.29) is 26.3 Å². The van der Waals surface area contributed by atoms with E-state index < -0.39 is 0 Å². The summed E-state index contributed by atoms with van der Waals surface area (Å²) >= 11 is 0.389. The van der Waals surface area contributed by atoms with E-state index in [2.05, 4.69) is 76.2 Å². The Balaban J connectivity index is 0.00000117. The van der Waals surface area contributed by atoms with Crippen molar-refractivity contribution in [2.45, 2.75) is 55.4 Å². The van der Waals surface area contributed by atoms with Gasteiger partial charge in [0.05, 0.1) is 68.4 Å². The van der Waals surface area contributed by atoms with Gasteiger partial charge in [-0.05, 0) is 149 Å². The van der Waals surface area contributed by atoms with Crippen molar-refractivity contribution < 1.29 is 26.3 Å². The molecule has 2 heterocycles. The van der Waals surface area contributed by atoms with Gasteiger partial charge >= 0.3 is 66.7 Å². The molecule has 4 aromatic carbocycles. The summed E-state index contributed by atoms with van der Waals surface area (Å²) in [5.74, 6) is 0. The Kier molecular flexibility index (Phi) is 19.0. The molecular weight excluding hydrogens is 890 g/mol. The van der Waals surface area contributed by atoms with Crippen molar-refractivity contribution in [3.63, 3.8) is 0 Å². The molecule has 0 atom stereocenters. The van der Waals surface area contributed by atoms with Crippen molar-refractivity contribution in [3.8, 4) is 11.1 Å². The molecule has 0 fully saturated rings. The molecule has 0 bridgehead atoms. The van der Waals surface area contributed by atoms with Gasteiger partial charge in [0.25, 0.3) is 0 Å². The Hall–Kier alpha value is -3.94. The van der Waals surface area contributed by atoms with Gasteiger partial charge in [-0.2, -0.15) is 0 Å². The van der Waals surface area contributed by atoms with Crippen LogP contribution in [0.5, 0.6) is 0 Å². The molecule has 6 aromatic rings. The number of benzene rings is 4. The normalized spacial score (nSPS) is 12.1. The molecular formula is C46H44Cl4Fe2N6. The molecule has 0 radical (unpaired) electrons. The van der Waals surface area contributed by atoms with Gasteiger partial charge in [0.1, 0.15) is 0 Å². The molecule has 0 N–H and O–H groups in total. The second kappa shape index (κ2) is 23.6. The van der Waals surface area contributed by atoms with Crippen molar-refractivity contribution in [3.05, 3.63) is 166 Å². The van der Waals surface area contributed by atoms with Gasteiger partial charge in [0.15, 0.2) is 0 Å². The predicted octanol–water partition coefficient (Wildman–Crippen LogP) is 14.7. The molecule has 0 aliphatic carbocycles. The number of aliphatic imine (C=N–C) groups is 4. The molecule has 12 heteroatoms. The van der Waals surface area contributed by atoms with Crippen molar-refractivity contribution in [2.75, 3.05) is 0 Å². The van der Waals surface area contributed by atoms with Gasteiger partial charge in [0.2, 0.25) is 0 Å². The van der Waals surface area contributed by atoms with E-state index in [4.69, 9.17) is 70.3 Å². The Morgan fingerprint density at radius 2 is 0.655 bits per heavy atom. The summed E-state index contributed by atoms with van der Waals surface area (Å²) in [6.07, 6.45) is 0. The minimum absolute atomic E-state index is 0.194. The van der Waals surface area contributed by atoms with Crippen molar-refractivity contribution in [1.29, 1.82) is 0 Å². The van der Waals surface area contributed by atoms with Crippen LogP contribution in [0.4, 0.5) is 22.7 Å². The zero-order chi connectivity index (χ0) is 42.2. The van der Waals surface area contributed by atoms with Crippen LogP contribution in [0, 0.1) is 27.7 Å². The van der Waals surface area contributed by atoms with Crippen LogP contribution >= 0.6 is 40.4 Å². The first-order chi connectivity index (χ1) is 27.9. The van der Waals surface area contributed by atoms with Crippen LogP contribution in [-0.4, -0.2) is 32.8 Å². The predicted molar refractivity (Wildman–Crippen MR) is 243 cm³/mol. The van der Waals surface area contributed by atoms with Crippen LogP contribution < -0.4 is 0 Å². The monoisotopic (exact) mass is 932 g/mol. The summed E-state index contributed by atoms with van der Waals surface area (Å²) in [6.45, 7) is 16.3. The molecule has 0 amide bonds. The topological polar surface area (TPSA) is 75.2 Å². The zero-order valence-electron chi connectivity index (χ0n) is 33.4. The number of aryl methyl sites for hydroxylation is 4. The van der Waals surface area contributed by atoms with Crippen molar-refractivity contribution in [1.82, 2.24) is 9.97 Å². The van der Waals surface area contributed by atoms with Crippen LogP contribution in [0.2, 0.25) is 0 Å². The molecule has 6 nitrogen and oxygen atoms in total. The molecule has 6 rings (SSSR count). The molecule has 0 saturated carbocycles. The fourth-order valence-electron chi connectivity index (χ4n) is 5.93. The second-order valence-electron chi connectivity index (χ2n) is 13.3. The van der Waals surface area contributed by atoms with Gasteiger partial charge in [-0.3, -0.25) is 20.0 Å². The summed E-state index contributed by atoms with van der Waals surface area (Å²) in [7, 11) is 19.1. The van der Waals surface area contributed by atoms with Gasteiger partial charge in [-0.25, -0.2) is 9.97 Å². The molecule has 0 saturated heterocycles. The van der Waals surface area contributed by atoms with E-state index >= 15 is 0 Å². The average Bonchev–Trinajstić information content (AvgIpc) is 3.21. The zero-order valence-corrected chi connectivity index (χ0v) is 38.7. The molecule has 0 aliphatic rings. The van der Waals surface area contributed by atoms with Crippen LogP contribution in [0.1, 0.15) is 72.7 Å². The summed E-state index contributed by atoms with van der Waals surface area (Å²) in [4.78, 5) is 29.4. The molecule has 302 valence electrons. The van der Waals surface area contributed by atoms with Crippen molar-refractivity contribution in [2.24, 2.45) is 20.0 Å². The fourth-order valence-corrected chi connectivity index (χ4v) is 5.93. The van der Waals surface area contributed by atoms with Crippen LogP contribution in [0.15, 0.2) is 141 Å². The number of aromatic nitrogens is 2. The number of nitrogens with zero attached hydrogens (tertiary/aromatic N) is 6. The van der Waals surface area contributed by atoms with Gasteiger partial charge in [0, 0.05) is 0 Å². The maximum atomic E-state index is 4.98. The third kappa shape index (κ3) is 13.6. The molecule has 0 aliphatic heterocycles. The number of rotatable bonds is 9. The number of hydrogen-bond acceptors (Lipinski definition) is 6. The van der Waals surface area contributed by atoms with E-state index in [1.54, 1.807) is 0 Å². The average molecular weight is 934 g/mol. The SMILES string of the molecule is CC(=Nc1ccccc1C)c1cccc(C(C)=Nc2ccc(-c3ccc(N=C(C)c4cccc(C(C)=Nc5ccccc5C)n4)c(C)c3)cc2C)n1.[Cl][Fe][Cl].[Cl][Fe][Cl]. The number of para-hydroxylation sites is 2. The van der Waals surface area contributed by atoms with Gasteiger partial charge < -0.3 is 0 Å². The first-order valence-corrected chi connectivity index (χ1v) is 24.2. The Morgan fingerprint density at radius 3 is 0.931 bits per heavy atom. The first kappa shape index (κ1) is 46.7. The standard InChI is InChI=1S/C46H44N6.4ClH.2Fe/c1-29-15-9-11-17-39(29)47-33(5)43-19-13-21-45(51-43)35(7)49-41-25-23-37(27-31(41)3)38-24-26-42(32(4)28-38)50-36(8)46-22-14-20-44(52-46)34(6)48-40-18-12-10-16-30(40)2;;;;;;/h9-28H,1-8H3;4*1H;;/q;;;;;2*+2/p-4. The quantitative estimate of drug-likeness (QED) is 0.107. The van der Waals surface area contributed by atoms with Crippen molar-refractivity contribution >= 4 is 86.0 Å². The number of hydrogen-bond donors (Lipinski definition) is 0. The van der Waals surface area contributed by atoms with E-state index in [0.717, 1.165) is 102 Å². The second-order valence-corrected chi connectivity index (χ2v) is 16.9. The summed E-state index contributed by atoms with van der Waals surface area (Å²) < 4.78 is 0. The fraction of sp³-hybridized carbons (Fsp3) is 0.174. The van der Waals surface area contributed by atoms with E-state index in [9.17, 15) is 0 Å². The van der Waals surface area contributed by atoms with Crippen LogP contribution in [0.3, 0.4) is 0 Å². The van der Waals surface area contributed by atoms with Gasteiger partial charge in [-0.15, -0.1) is 0 Å². The first-order valence-electron chi connectivity index (χ1n) is 18.1. The van der Waals surface area contributed by atoms with E-state index in [1.165, 1.54) is 0 Å². The third-order valence-corrected chi connectivity index (χ3v) is 9.09.